The Morgan fingerprint density at radius 3 is 2.36 bits per heavy atom. The predicted octanol–water partition coefficient (Wildman–Crippen LogP) is 4.82. The second-order valence-electron chi connectivity index (χ2n) is 13.3. The largest absolute Gasteiger partial charge is 0.451 e. The molecule has 1 N–H and O–H groups in total. The minimum Gasteiger partial charge on any atom is -0.451 e. The zero-order valence-corrected chi connectivity index (χ0v) is 28.4. The summed E-state index contributed by atoms with van der Waals surface area (Å²) in [7, 11) is 3.77. The Hall–Kier alpha value is -5.64. The number of para-hydroxylation sites is 1. The lowest BCUT2D eigenvalue weighted by Gasteiger charge is -2.38. The van der Waals surface area contributed by atoms with Crippen molar-refractivity contribution in [2.75, 3.05) is 56.6 Å². The molecule has 2 saturated heterocycles. The number of hydrogen-bond acceptors (Lipinski definition) is 7. The highest BCUT2D eigenvalue weighted by atomic mass is 16.3. The predicted molar refractivity (Wildman–Crippen MR) is 196 cm³/mol. The molecule has 3 amide bonds. The van der Waals surface area contributed by atoms with Gasteiger partial charge in [0.1, 0.15) is 11.6 Å². The van der Waals surface area contributed by atoms with E-state index in [0.717, 1.165) is 46.2 Å². The molecule has 0 saturated carbocycles. The SMILES string of the molecule is CN(C)c1ccc2oc(C(=O)N[C@H](Cc3ccc4ccccc4c3)C(=O)N3CCN(c4ccccc4CN4CCCC4=O)CC3)cc(=O)c2c1. The van der Waals surface area contributed by atoms with Gasteiger partial charge in [-0.2, -0.15) is 0 Å². The highest BCUT2D eigenvalue weighted by Gasteiger charge is 2.31. The van der Waals surface area contributed by atoms with E-state index in [2.05, 4.69) is 22.3 Å². The molecule has 0 bridgehead atoms. The first-order valence-electron chi connectivity index (χ1n) is 17.2. The van der Waals surface area contributed by atoms with Crippen LogP contribution < -0.4 is 20.5 Å². The fourth-order valence-electron chi connectivity index (χ4n) is 6.98. The monoisotopic (exact) mass is 671 g/mol. The van der Waals surface area contributed by atoms with Crippen molar-refractivity contribution in [3.8, 4) is 0 Å². The molecule has 1 aromatic heterocycles. The van der Waals surface area contributed by atoms with Gasteiger partial charge in [-0.1, -0.05) is 60.7 Å². The van der Waals surface area contributed by atoms with Gasteiger partial charge in [-0.15, -0.1) is 0 Å². The van der Waals surface area contributed by atoms with Crippen molar-refractivity contribution in [1.82, 2.24) is 15.1 Å². The summed E-state index contributed by atoms with van der Waals surface area (Å²) in [4.78, 5) is 61.2. The summed E-state index contributed by atoms with van der Waals surface area (Å²) in [5.74, 6) is -0.768. The molecular formula is C40H41N5O5. The zero-order valence-electron chi connectivity index (χ0n) is 28.4. The van der Waals surface area contributed by atoms with Gasteiger partial charge in [0.05, 0.1) is 5.39 Å². The third kappa shape index (κ3) is 6.92. The van der Waals surface area contributed by atoms with Crippen LogP contribution in [0.2, 0.25) is 0 Å². The van der Waals surface area contributed by atoms with Crippen molar-refractivity contribution in [1.29, 1.82) is 0 Å². The van der Waals surface area contributed by atoms with Crippen LogP contribution in [0.3, 0.4) is 0 Å². The molecule has 10 nitrogen and oxygen atoms in total. The number of carbonyl (C=O) groups is 3. The number of fused-ring (bicyclic) bond motifs is 2. The Balaban J connectivity index is 1.11. The maximum Gasteiger partial charge on any atom is 0.287 e. The Morgan fingerprint density at radius 2 is 1.60 bits per heavy atom. The van der Waals surface area contributed by atoms with Crippen LogP contribution in [-0.2, 0) is 22.6 Å². The van der Waals surface area contributed by atoms with Crippen LogP contribution in [0, 0.1) is 0 Å². The minimum atomic E-state index is -0.888. The zero-order chi connectivity index (χ0) is 34.8. The molecular weight excluding hydrogens is 630 g/mol. The lowest BCUT2D eigenvalue weighted by atomic mass is 10.0. The fraction of sp³-hybridized carbons (Fsp3) is 0.300. The van der Waals surface area contributed by atoms with Gasteiger partial charge in [0.25, 0.3) is 5.91 Å². The van der Waals surface area contributed by atoms with Gasteiger partial charge in [0.2, 0.25) is 11.8 Å². The summed E-state index contributed by atoms with van der Waals surface area (Å²) < 4.78 is 5.91. The summed E-state index contributed by atoms with van der Waals surface area (Å²) in [6.07, 6.45) is 1.76. The van der Waals surface area contributed by atoms with E-state index in [4.69, 9.17) is 4.42 Å². The number of hydrogen-bond donors (Lipinski definition) is 1. The van der Waals surface area contributed by atoms with Gasteiger partial charge in [0.15, 0.2) is 11.2 Å². The molecule has 256 valence electrons. The molecule has 0 radical (unpaired) electrons. The summed E-state index contributed by atoms with van der Waals surface area (Å²) in [6, 6.07) is 27.7. The molecule has 0 aliphatic carbocycles. The summed E-state index contributed by atoms with van der Waals surface area (Å²) in [5, 5.41) is 5.43. The van der Waals surface area contributed by atoms with Crippen LogP contribution in [0.1, 0.15) is 34.5 Å². The van der Waals surface area contributed by atoms with Gasteiger partial charge < -0.3 is 29.3 Å². The molecule has 4 aromatic carbocycles. The number of likely N-dealkylation sites (tertiary alicyclic amines) is 1. The Bertz CT molecular complexity index is 2130. The Morgan fingerprint density at radius 1 is 0.840 bits per heavy atom. The van der Waals surface area contributed by atoms with Crippen LogP contribution in [0.15, 0.2) is 100 Å². The van der Waals surface area contributed by atoms with Gasteiger partial charge >= 0.3 is 0 Å². The van der Waals surface area contributed by atoms with Gasteiger partial charge in [-0.05, 0) is 52.6 Å². The fourth-order valence-corrected chi connectivity index (χ4v) is 6.98. The van der Waals surface area contributed by atoms with Crippen molar-refractivity contribution in [3.05, 3.63) is 118 Å². The molecule has 3 heterocycles. The van der Waals surface area contributed by atoms with Crippen molar-refractivity contribution >= 4 is 50.8 Å². The standard InChI is InChI=1S/C40H41N5O5/c1-42(2)31-15-16-36-32(24-31)35(46)25-37(50-36)39(48)41-33(23-27-13-14-28-8-3-4-9-29(28)22-27)40(49)44-20-18-43(19-21-44)34-11-6-5-10-30(34)26-45-17-7-12-38(45)47/h3-6,8-11,13-16,22,24-25,33H,7,12,17-21,23,26H2,1-2H3,(H,41,48)/t33-/m1/s1. The van der Waals surface area contributed by atoms with E-state index >= 15 is 0 Å². The number of nitrogens with one attached hydrogen (secondary N) is 1. The summed E-state index contributed by atoms with van der Waals surface area (Å²) in [6.45, 7) is 3.53. The average Bonchev–Trinajstić information content (AvgIpc) is 3.54. The molecule has 0 spiro atoms. The summed E-state index contributed by atoms with van der Waals surface area (Å²) in [5.41, 5.74) is 3.89. The molecule has 2 aliphatic heterocycles. The first kappa shape index (κ1) is 32.9. The van der Waals surface area contributed by atoms with Crippen molar-refractivity contribution in [2.24, 2.45) is 0 Å². The Kier molecular flexibility index (Phi) is 9.25. The number of amides is 3. The van der Waals surface area contributed by atoms with Crippen LogP contribution >= 0.6 is 0 Å². The maximum absolute atomic E-state index is 14.2. The second-order valence-corrected chi connectivity index (χ2v) is 13.3. The molecule has 1 atom stereocenters. The first-order valence-corrected chi connectivity index (χ1v) is 17.2. The van der Waals surface area contributed by atoms with Crippen LogP contribution in [-0.4, -0.2) is 80.4 Å². The second kappa shape index (κ2) is 14.1. The lowest BCUT2D eigenvalue weighted by molar-refractivity contribution is -0.133. The number of rotatable bonds is 9. The van der Waals surface area contributed by atoms with Crippen molar-refractivity contribution in [2.45, 2.75) is 31.8 Å². The number of carbonyl (C=O) groups excluding carboxylic acids is 3. The van der Waals surface area contributed by atoms with E-state index in [0.29, 0.717) is 50.1 Å². The third-order valence-corrected chi connectivity index (χ3v) is 9.76. The van der Waals surface area contributed by atoms with Gasteiger partial charge in [0, 0.05) is 83.6 Å². The van der Waals surface area contributed by atoms with E-state index in [1.54, 1.807) is 17.0 Å². The Labute approximate surface area is 290 Å². The minimum absolute atomic E-state index is 0.144. The number of anilines is 2. The van der Waals surface area contributed by atoms with Crippen LogP contribution in [0.4, 0.5) is 11.4 Å². The van der Waals surface area contributed by atoms with Crippen LogP contribution in [0.25, 0.3) is 21.7 Å². The molecule has 7 rings (SSSR count). The number of piperazine rings is 1. The highest BCUT2D eigenvalue weighted by Crippen LogP contribution is 2.26. The molecule has 2 aliphatic rings. The number of benzene rings is 4. The first-order chi connectivity index (χ1) is 24.2. The van der Waals surface area contributed by atoms with Gasteiger partial charge in [-0.25, -0.2) is 0 Å². The van der Waals surface area contributed by atoms with Gasteiger partial charge in [-0.3, -0.25) is 19.2 Å². The van der Waals surface area contributed by atoms with E-state index in [1.807, 2.05) is 84.6 Å². The van der Waals surface area contributed by atoms with Crippen molar-refractivity contribution < 1.29 is 18.8 Å². The smallest absolute Gasteiger partial charge is 0.287 e. The van der Waals surface area contributed by atoms with Crippen LogP contribution in [0.5, 0.6) is 0 Å². The third-order valence-electron chi connectivity index (χ3n) is 9.76. The maximum atomic E-state index is 14.2. The average molecular weight is 672 g/mol. The quantitative estimate of drug-likeness (QED) is 0.240. The molecule has 10 heteroatoms. The topological polar surface area (TPSA) is 106 Å². The molecule has 2 fully saturated rings. The summed E-state index contributed by atoms with van der Waals surface area (Å²) >= 11 is 0. The molecule has 5 aromatic rings. The molecule has 0 unspecified atom stereocenters. The van der Waals surface area contributed by atoms with Crippen molar-refractivity contribution in [3.63, 3.8) is 0 Å². The van der Waals surface area contributed by atoms with E-state index < -0.39 is 11.9 Å². The lowest BCUT2D eigenvalue weighted by Crippen LogP contribution is -2.55. The van der Waals surface area contributed by atoms with E-state index in [9.17, 15) is 19.2 Å². The highest BCUT2D eigenvalue weighted by molar-refractivity contribution is 5.97. The normalized spacial score (nSPS) is 15.5. The number of nitrogens with zero attached hydrogens (tertiary/aromatic N) is 4. The van der Waals surface area contributed by atoms with E-state index in [-0.39, 0.29) is 29.4 Å². The van der Waals surface area contributed by atoms with E-state index in [1.165, 1.54) is 6.07 Å². The molecule has 50 heavy (non-hydrogen) atoms.